The van der Waals surface area contributed by atoms with Crippen LogP contribution in [0.2, 0.25) is 19.1 Å². The third kappa shape index (κ3) is 5.29. The minimum atomic E-state index is -0.574. The predicted molar refractivity (Wildman–Crippen MR) is 110 cm³/mol. The number of nitrogens with zero attached hydrogens (tertiary/aromatic N) is 3. The van der Waals surface area contributed by atoms with Crippen LogP contribution in [0.25, 0.3) is 11.2 Å². The number of hydrogen-bond acceptors (Lipinski definition) is 5. The first-order chi connectivity index (χ1) is 13.0. The van der Waals surface area contributed by atoms with Crippen molar-refractivity contribution in [2.24, 2.45) is 11.8 Å². The van der Waals surface area contributed by atoms with Gasteiger partial charge in [-0.1, -0.05) is 32.9 Å². The van der Waals surface area contributed by atoms with Crippen molar-refractivity contribution in [2.45, 2.75) is 58.5 Å². The normalized spacial score (nSPS) is 20.1. The zero-order valence-electron chi connectivity index (χ0n) is 16.6. The summed E-state index contributed by atoms with van der Waals surface area (Å²) in [6.07, 6.45) is 8.01. The first-order valence-electron chi connectivity index (χ1n) is 10.00. The highest BCUT2D eigenvalue weighted by atomic mass is 28.3. The van der Waals surface area contributed by atoms with Crippen molar-refractivity contribution in [1.29, 1.82) is 0 Å². The van der Waals surface area contributed by atoms with Crippen LogP contribution < -0.4 is 10.9 Å². The smallest absolute Gasteiger partial charge is 0.241 e. The van der Waals surface area contributed by atoms with Crippen molar-refractivity contribution in [3.05, 3.63) is 18.5 Å². The number of fused-ring (bicyclic) bond motifs is 1. The Morgan fingerprint density at radius 3 is 2.96 bits per heavy atom. The largest absolute Gasteiger partial charge is 0.361 e. The summed E-state index contributed by atoms with van der Waals surface area (Å²) in [5.74, 6) is 1.10. The number of aromatic nitrogens is 3. The van der Waals surface area contributed by atoms with E-state index in [-0.39, 0.29) is 11.8 Å². The van der Waals surface area contributed by atoms with E-state index in [0.717, 1.165) is 37.0 Å². The average molecular weight is 390 g/mol. The summed E-state index contributed by atoms with van der Waals surface area (Å²) in [5, 5.41) is 0. The summed E-state index contributed by atoms with van der Waals surface area (Å²) in [6, 6.07) is 3.09. The van der Waals surface area contributed by atoms with Crippen LogP contribution in [0, 0.1) is 11.8 Å². The number of anilines is 1. The van der Waals surface area contributed by atoms with Gasteiger partial charge in [-0.25, -0.2) is 9.97 Å². The third-order valence-corrected chi connectivity index (χ3v) is 6.69. The van der Waals surface area contributed by atoms with Gasteiger partial charge in [0.25, 0.3) is 0 Å². The van der Waals surface area contributed by atoms with Crippen molar-refractivity contribution in [1.82, 2.24) is 20.0 Å². The van der Waals surface area contributed by atoms with Crippen LogP contribution in [0.3, 0.4) is 0 Å². The summed E-state index contributed by atoms with van der Waals surface area (Å²) >= 11 is 0. The van der Waals surface area contributed by atoms with Crippen LogP contribution in [0.5, 0.6) is 0 Å². The highest BCUT2D eigenvalue weighted by Gasteiger charge is 2.27. The number of carbonyl (C=O) groups excluding carboxylic acids is 1. The van der Waals surface area contributed by atoms with E-state index in [9.17, 15) is 4.79 Å². The molecule has 2 aromatic heterocycles. The van der Waals surface area contributed by atoms with Crippen molar-refractivity contribution in [2.75, 3.05) is 12.0 Å². The Morgan fingerprint density at radius 2 is 2.19 bits per heavy atom. The summed E-state index contributed by atoms with van der Waals surface area (Å²) in [6.45, 7) is 8.08. The number of carbonyl (C=O) groups is 1. The Balaban J connectivity index is 1.54. The lowest BCUT2D eigenvalue weighted by Gasteiger charge is -2.27. The Hall–Kier alpha value is -1.93. The molecule has 27 heavy (non-hydrogen) atoms. The van der Waals surface area contributed by atoms with E-state index in [1.165, 1.54) is 12.5 Å². The standard InChI is InChI=1S/C19H31N5O2Si/c1-14-6-4-5-7-15(14)19(25)23-22-17-12-20-18-16(21-17)8-9-24(18)13-26-10-11-27(2)3/h8-9,12,14-15,27H,4-7,10-11,13H2,1-3H3,(H,21,22)(H,23,25). The monoisotopic (exact) mass is 389 g/mol. The molecule has 2 atom stereocenters. The van der Waals surface area contributed by atoms with Gasteiger partial charge in [-0.05, 0) is 30.9 Å². The molecule has 1 amide bonds. The molecular formula is C19H31N5O2Si. The van der Waals surface area contributed by atoms with Gasteiger partial charge in [-0.2, -0.15) is 0 Å². The molecule has 1 aliphatic carbocycles. The van der Waals surface area contributed by atoms with Crippen molar-refractivity contribution in [3.8, 4) is 0 Å². The minimum Gasteiger partial charge on any atom is -0.361 e. The molecule has 0 aromatic carbocycles. The maximum atomic E-state index is 12.4. The second kappa shape index (κ2) is 9.32. The summed E-state index contributed by atoms with van der Waals surface area (Å²) in [4.78, 5) is 21.4. The molecule has 148 valence electrons. The predicted octanol–water partition coefficient (Wildman–Crippen LogP) is 3.16. The molecule has 0 bridgehead atoms. The van der Waals surface area contributed by atoms with Crippen molar-refractivity contribution >= 4 is 31.7 Å². The van der Waals surface area contributed by atoms with Crippen LogP contribution in [-0.2, 0) is 16.3 Å². The summed E-state index contributed by atoms with van der Waals surface area (Å²) in [7, 11) is -0.574. The second-order valence-electron chi connectivity index (χ2n) is 7.95. The topological polar surface area (TPSA) is 81.1 Å². The van der Waals surface area contributed by atoms with Gasteiger partial charge in [0.1, 0.15) is 12.2 Å². The lowest BCUT2D eigenvalue weighted by molar-refractivity contribution is -0.127. The Kier molecular flexibility index (Phi) is 6.84. The van der Waals surface area contributed by atoms with Crippen LogP contribution >= 0.6 is 0 Å². The number of hydrazine groups is 1. The van der Waals surface area contributed by atoms with Crippen molar-refractivity contribution < 1.29 is 9.53 Å². The van der Waals surface area contributed by atoms with E-state index in [0.29, 0.717) is 18.5 Å². The van der Waals surface area contributed by atoms with Crippen LogP contribution in [0.4, 0.5) is 5.82 Å². The SMILES string of the molecule is CC1CCCCC1C(=O)NNc1cnc2c(ccn2COCC[SiH](C)C)n1. The number of nitrogens with one attached hydrogen (secondary N) is 2. The molecule has 3 rings (SSSR count). The van der Waals surface area contributed by atoms with Crippen LogP contribution in [-0.4, -0.2) is 35.8 Å². The lowest BCUT2D eigenvalue weighted by atomic mass is 9.80. The van der Waals surface area contributed by atoms with Crippen LogP contribution in [0.1, 0.15) is 32.6 Å². The van der Waals surface area contributed by atoms with Gasteiger partial charge in [0.05, 0.1) is 6.20 Å². The molecule has 8 heteroatoms. The maximum absolute atomic E-state index is 12.4. The van der Waals surface area contributed by atoms with Gasteiger partial charge in [-0.3, -0.25) is 15.6 Å². The number of ether oxygens (including phenoxy) is 1. The molecule has 1 fully saturated rings. The molecule has 0 aliphatic heterocycles. The molecular weight excluding hydrogens is 358 g/mol. The van der Waals surface area contributed by atoms with E-state index in [2.05, 4.69) is 40.8 Å². The number of amides is 1. The number of rotatable bonds is 8. The molecule has 2 unspecified atom stereocenters. The Bertz CT molecular complexity index is 764. The number of hydrogen-bond donors (Lipinski definition) is 2. The van der Waals surface area contributed by atoms with E-state index in [1.807, 2.05) is 16.8 Å². The summed E-state index contributed by atoms with van der Waals surface area (Å²) in [5.41, 5.74) is 7.29. The highest BCUT2D eigenvalue weighted by molar-refractivity contribution is 6.55. The molecule has 0 spiro atoms. The van der Waals surface area contributed by atoms with Gasteiger partial charge in [-0.15, -0.1) is 0 Å². The molecule has 0 radical (unpaired) electrons. The second-order valence-corrected chi connectivity index (χ2v) is 11.3. The molecule has 2 aromatic rings. The molecule has 0 saturated heterocycles. The molecule has 2 heterocycles. The van der Waals surface area contributed by atoms with Crippen LogP contribution in [0.15, 0.2) is 18.5 Å². The zero-order chi connectivity index (χ0) is 19.2. The molecule has 2 N–H and O–H groups in total. The first kappa shape index (κ1) is 19.8. The van der Waals surface area contributed by atoms with Gasteiger partial charge in [0, 0.05) is 27.5 Å². The average Bonchev–Trinajstić information content (AvgIpc) is 3.06. The van der Waals surface area contributed by atoms with Gasteiger partial charge in [0.15, 0.2) is 11.5 Å². The summed E-state index contributed by atoms with van der Waals surface area (Å²) < 4.78 is 7.70. The van der Waals surface area contributed by atoms with E-state index >= 15 is 0 Å². The van der Waals surface area contributed by atoms with E-state index in [1.54, 1.807) is 6.20 Å². The van der Waals surface area contributed by atoms with E-state index < -0.39 is 8.80 Å². The third-order valence-electron chi connectivity index (χ3n) is 5.30. The van der Waals surface area contributed by atoms with Crippen molar-refractivity contribution in [3.63, 3.8) is 0 Å². The fourth-order valence-electron chi connectivity index (χ4n) is 3.53. The molecule has 1 aliphatic rings. The van der Waals surface area contributed by atoms with Gasteiger partial charge >= 0.3 is 0 Å². The highest BCUT2D eigenvalue weighted by Crippen LogP contribution is 2.29. The first-order valence-corrected chi connectivity index (χ1v) is 13.1. The Morgan fingerprint density at radius 1 is 1.37 bits per heavy atom. The molecule has 7 nitrogen and oxygen atoms in total. The van der Waals surface area contributed by atoms with E-state index in [4.69, 9.17) is 4.74 Å². The maximum Gasteiger partial charge on any atom is 0.241 e. The quantitative estimate of drug-likeness (QED) is 0.412. The van der Waals surface area contributed by atoms with Gasteiger partial charge in [0.2, 0.25) is 5.91 Å². The fourth-order valence-corrected chi connectivity index (χ4v) is 4.17. The minimum absolute atomic E-state index is 0.0452. The molecule has 1 saturated carbocycles. The Labute approximate surface area is 162 Å². The lowest BCUT2D eigenvalue weighted by Crippen LogP contribution is -2.39. The zero-order valence-corrected chi connectivity index (χ0v) is 17.7. The van der Waals surface area contributed by atoms with Gasteiger partial charge < -0.3 is 9.30 Å². The fraction of sp³-hybridized carbons (Fsp3) is 0.632.